The molecule has 0 aliphatic carbocycles. The van der Waals surface area contributed by atoms with Gasteiger partial charge in [-0.25, -0.2) is 12.8 Å². The molecule has 0 saturated heterocycles. The van der Waals surface area contributed by atoms with Crippen molar-refractivity contribution in [3.05, 3.63) is 29.6 Å². The van der Waals surface area contributed by atoms with E-state index in [4.69, 9.17) is 0 Å². The molecule has 0 amide bonds. The van der Waals surface area contributed by atoms with Crippen molar-refractivity contribution in [1.29, 1.82) is 0 Å². The van der Waals surface area contributed by atoms with E-state index in [1.165, 1.54) is 18.2 Å². The third-order valence-electron chi connectivity index (χ3n) is 1.68. The van der Waals surface area contributed by atoms with Gasteiger partial charge in [0.2, 0.25) is 10.0 Å². The summed E-state index contributed by atoms with van der Waals surface area (Å²) in [4.78, 5) is 0. The Balaban J connectivity index is 2.56. The van der Waals surface area contributed by atoms with Crippen LogP contribution in [0, 0.1) is 5.82 Å². The van der Waals surface area contributed by atoms with Crippen molar-refractivity contribution in [2.75, 3.05) is 4.72 Å². The average molecular weight is 187 g/mol. The van der Waals surface area contributed by atoms with Gasteiger partial charge in [0.1, 0.15) is 5.82 Å². The van der Waals surface area contributed by atoms with E-state index in [9.17, 15) is 12.8 Å². The van der Waals surface area contributed by atoms with Crippen LogP contribution in [0.2, 0.25) is 0 Å². The van der Waals surface area contributed by atoms with Gasteiger partial charge in [-0.05, 0) is 17.7 Å². The van der Waals surface area contributed by atoms with Gasteiger partial charge in [0, 0.05) is 0 Å². The van der Waals surface area contributed by atoms with E-state index in [-0.39, 0.29) is 5.75 Å². The molecule has 1 aliphatic heterocycles. The zero-order valence-electron chi connectivity index (χ0n) is 6.04. The van der Waals surface area contributed by atoms with E-state index in [0.717, 1.165) is 0 Å². The predicted octanol–water partition coefficient (Wildman–Crippen LogP) is 1.08. The maximum atomic E-state index is 12.6. The van der Waals surface area contributed by atoms with Gasteiger partial charge in [0.05, 0.1) is 11.4 Å². The highest BCUT2D eigenvalue weighted by Crippen LogP contribution is 2.26. The Bertz CT molecular complexity index is 427. The lowest BCUT2D eigenvalue weighted by Crippen LogP contribution is -2.05. The molecule has 0 saturated carbocycles. The summed E-state index contributed by atoms with van der Waals surface area (Å²) < 4.78 is 36.8. The Hall–Kier alpha value is -1.10. The molecular weight excluding hydrogens is 181 g/mol. The molecule has 0 spiro atoms. The van der Waals surface area contributed by atoms with Crippen LogP contribution >= 0.6 is 0 Å². The number of anilines is 1. The standard InChI is InChI=1S/C7H6FNO2S/c8-6-2-1-5-4-12(10,11)9-7(5)3-6/h1-3,9H,4H2. The van der Waals surface area contributed by atoms with Gasteiger partial charge in [-0.2, -0.15) is 0 Å². The maximum Gasteiger partial charge on any atom is 0.237 e. The Morgan fingerprint density at radius 1 is 1.42 bits per heavy atom. The molecule has 1 aliphatic rings. The first-order valence-corrected chi connectivity index (χ1v) is 5.01. The lowest BCUT2D eigenvalue weighted by molar-refractivity contribution is 0.602. The number of fused-ring (bicyclic) bond motifs is 1. The lowest BCUT2D eigenvalue weighted by Gasteiger charge is -1.95. The molecule has 12 heavy (non-hydrogen) atoms. The van der Waals surface area contributed by atoms with E-state index in [2.05, 4.69) is 4.72 Å². The van der Waals surface area contributed by atoms with Gasteiger partial charge < -0.3 is 0 Å². The molecule has 0 fully saturated rings. The third-order valence-corrected chi connectivity index (χ3v) is 2.90. The second-order valence-electron chi connectivity index (χ2n) is 2.66. The summed E-state index contributed by atoms with van der Waals surface area (Å²) in [7, 11) is -3.24. The van der Waals surface area contributed by atoms with Crippen LogP contribution in [0.25, 0.3) is 0 Å². The Morgan fingerprint density at radius 2 is 2.17 bits per heavy atom. The monoisotopic (exact) mass is 187 g/mol. The van der Waals surface area contributed by atoms with Crippen LogP contribution in [-0.2, 0) is 15.8 Å². The summed E-state index contributed by atoms with van der Waals surface area (Å²) in [5.41, 5.74) is 0.978. The summed E-state index contributed by atoms with van der Waals surface area (Å²) in [6, 6.07) is 3.91. The van der Waals surface area contributed by atoms with E-state index < -0.39 is 15.8 Å². The molecule has 1 N–H and O–H groups in total. The molecule has 0 aromatic heterocycles. The van der Waals surface area contributed by atoms with Crippen LogP contribution < -0.4 is 4.72 Å². The van der Waals surface area contributed by atoms with Crippen LogP contribution in [0.15, 0.2) is 18.2 Å². The van der Waals surface area contributed by atoms with Crippen LogP contribution in [0.1, 0.15) is 5.56 Å². The lowest BCUT2D eigenvalue weighted by atomic mass is 10.2. The fourth-order valence-electron chi connectivity index (χ4n) is 1.18. The molecule has 64 valence electrons. The zero-order chi connectivity index (χ0) is 8.77. The third kappa shape index (κ3) is 1.16. The smallest absolute Gasteiger partial charge is 0.237 e. The van der Waals surface area contributed by atoms with Crippen molar-refractivity contribution in [3.8, 4) is 0 Å². The SMILES string of the molecule is O=S1(=O)Cc2ccc(F)cc2N1. The second kappa shape index (κ2) is 2.20. The largest absolute Gasteiger partial charge is 0.283 e. The van der Waals surface area contributed by atoms with Gasteiger partial charge >= 0.3 is 0 Å². The summed E-state index contributed by atoms with van der Waals surface area (Å²) >= 11 is 0. The maximum absolute atomic E-state index is 12.6. The molecule has 0 atom stereocenters. The quantitative estimate of drug-likeness (QED) is 0.660. The van der Waals surface area contributed by atoms with Crippen molar-refractivity contribution < 1.29 is 12.8 Å². The highest BCUT2D eigenvalue weighted by Gasteiger charge is 2.23. The Morgan fingerprint density at radius 3 is 2.92 bits per heavy atom. The minimum absolute atomic E-state index is 0.0530. The zero-order valence-corrected chi connectivity index (χ0v) is 6.86. The average Bonchev–Trinajstić information content (AvgIpc) is 2.21. The molecule has 2 rings (SSSR count). The first-order valence-electron chi connectivity index (χ1n) is 3.36. The van der Waals surface area contributed by atoms with Gasteiger partial charge in [-0.15, -0.1) is 0 Å². The topological polar surface area (TPSA) is 46.2 Å². The molecule has 0 unspecified atom stereocenters. The predicted molar refractivity (Wildman–Crippen MR) is 42.6 cm³/mol. The highest BCUT2D eigenvalue weighted by atomic mass is 32.2. The number of nitrogens with one attached hydrogen (secondary N) is 1. The number of benzene rings is 1. The minimum Gasteiger partial charge on any atom is -0.283 e. The first kappa shape index (κ1) is 7.54. The number of hydrogen-bond acceptors (Lipinski definition) is 2. The van der Waals surface area contributed by atoms with E-state index in [1.54, 1.807) is 0 Å². The summed E-state index contributed by atoms with van der Waals surface area (Å²) in [6.45, 7) is 0. The van der Waals surface area contributed by atoms with Crippen LogP contribution in [0.5, 0.6) is 0 Å². The number of hydrogen-bond donors (Lipinski definition) is 1. The number of rotatable bonds is 0. The van der Waals surface area contributed by atoms with Crippen molar-refractivity contribution in [1.82, 2.24) is 0 Å². The molecule has 0 bridgehead atoms. The molecule has 1 aromatic carbocycles. The summed E-state index contributed by atoms with van der Waals surface area (Å²) in [6.07, 6.45) is 0. The van der Waals surface area contributed by atoms with Crippen molar-refractivity contribution in [2.45, 2.75) is 5.75 Å². The van der Waals surface area contributed by atoms with Gasteiger partial charge in [0.15, 0.2) is 0 Å². The molecule has 5 heteroatoms. The molecular formula is C7H6FNO2S. The van der Waals surface area contributed by atoms with Crippen molar-refractivity contribution >= 4 is 15.7 Å². The Kier molecular flexibility index (Phi) is 1.38. The van der Waals surface area contributed by atoms with E-state index in [0.29, 0.717) is 11.3 Å². The van der Waals surface area contributed by atoms with Crippen LogP contribution in [0.4, 0.5) is 10.1 Å². The second-order valence-corrected chi connectivity index (χ2v) is 4.38. The summed E-state index contributed by atoms with van der Waals surface area (Å²) in [5, 5.41) is 0. The van der Waals surface area contributed by atoms with Gasteiger partial charge in [0.25, 0.3) is 0 Å². The van der Waals surface area contributed by atoms with Gasteiger partial charge in [-0.1, -0.05) is 6.07 Å². The van der Waals surface area contributed by atoms with Gasteiger partial charge in [-0.3, -0.25) is 4.72 Å². The van der Waals surface area contributed by atoms with Crippen molar-refractivity contribution in [2.24, 2.45) is 0 Å². The molecule has 1 aromatic rings. The Labute approximate surface area is 69.3 Å². The van der Waals surface area contributed by atoms with Crippen LogP contribution in [-0.4, -0.2) is 8.42 Å². The molecule has 1 heterocycles. The number of sulfonamides is 1. The fourth-order valence-corrected chi connectivity index (χ4v) is 2.44. The highest BCUT2D eigenvalue weighted by molar-refractivity contribution is 7.92. The number of halogens is 1. The van der Waals surface area contributed by atoms with Crippen molar-refractivity contribution in [3.63, 3.8) is 0 Å². The fraction of sp³-hybridized carbons (Fsp3) is 0.143. The van der Waals surface area contributed by atoms with Crippen LogP contribution in [0.3, 0.4) is 0 Å². The van der Waals surface area contributed by atoms with E-state index >= 15 is 0 Å². The minimum atomic E-state index is -3.24. The molecule has 3 nitrogen and oxygen atoms in total. The normalized spacial score (nSPS) is 18.4. The summed E-state index contributed by atoms with van der Waals surface area (Å²) in [5.74, 6) is -0.485. The molecule has 0 radical (unpaired) electrons. The van der Waals surface area contributed by atoms with E-state index in [1.807, 2.05) is 0 Å². The first-order chi connectivity index (χ1) is 5.57.